The number of halogens is 2. The first kappa shape index (κ1) is 18.2. The molecule has 27 heavy (non-hydrogen) atoms. The van der Waals surface area contributed by atoms with Gasteiger partial charge in [-0.05, 0) is 62.9 Å². The van der Waals surface area contributed by atoms with Crippen molar-refractivity contribution < 1.29 is 4.79 Å². The number of hydrogen-bond donors (Lipinski definition) is 0. The fourth-order valence-corrected chi connectivity index (χ4v) is 4.33. The van der Waals surface area contributed by atoms with Crippen molar-refractivity contribution in [2.45, 2.75) is 45.2 Å². The maximum absolute atomic E-state index is 13.3. The Hall–Kier alpha value is -2.18. The molecule has 1 amide bonds. The molecule has 4 rings (SSSR count). The van der Waals surface area contributed by atoms with Crippen molar-refractivity contribution >= 4 is 34.8 Å². The van der Waals surface area contributed by atoms with E-state index in [0.29, 0.717) is 26.9 Å². The first-order chi connectivity index (χ1) is 12.9. The number of carbonyl (C=O) groups is 1. The number of carbonyl (C=O) groups excluding carboxylic acids is 1. The lowest BCUT2D eigenvalue weighted by molar-refractivity contribution is 0.0503. The number of piperidine rings is 1. The smallest absolute Gasteiger partial charge is 0.274 e. The summed E-state index contributed by atoms with van der Waals surface area (Å²) in [5.74, 6) is -0.0836. The third kappa shape index (κ3) is 3.39. The van der Waals surface area contributed by atoms with Crippen molar-refractivity contribution in [3.63, 3.8) is 0 Å². The number of likely N-dealkylation sites (tertiary alicyclic amines) is 1. The lowest BCUT2D eigenvalue weighted by Crippen LogP contribution is -2.47. The minimum absolute atomic E-state index is 0.0836. The van der Waals surface area contributed by atoms with E-state index < -0.39 is 0 Å². The molecule has 8 heteroatoms. The van der Waals surface area contributed by atoms with Crippen LogP contribution in [0.4, 0.5) is 0 Å². The lowest BCUT2D eigenvalue weighted by Gasteiger charge is -2.38. The normalized spacial score (nSPS) is 20.2. The molecule has 6 nitrogen and oxygen atoms in total. The van der Waals surface area contributed by atoms with Gasteiger partial charge in [0.05, 0.1) is 0 Å². The zero-order valence-corrected chi connectivity index (χ0v) is 16.6. The quantitative estimate of drug-likeness (QED) is 0.631. The molecule has 2 aromatic heterocycles. The van der Waals surface area contributed by atoms with Crippen molar-refractivity contribution in [3.8, 4) is 11.1 Å². The molecule has 1 aromatic carbocycles. The molecule has 3 heterocycles. The third-order valence-electron chi connectivity index (χ3n) is 5.09. The summed E-state index contributed by atoms with van der Waals surface area (Å²) in [7, 11) is 0. The van der Waals surface area contributed by atoms with E-state index in [-0.39, 0.29) is 18.0 Å². The SMILES string of the molecule is CC1CCCC(C)N1C(=O)c1cc(-c2cc(Cl)cc(Cl)c2)c2nncn2n1. The van der Waals surface area contributed by atoms with Gasteiger partial charge < -0.3 is 4.90 Å². The molecule has 140 valence electrons. The number of fused-ring (bicyclic) bond motifs is 1. The predicted octanol–water partition coefficient (Wildman–Crippen LogP) is 4.50. The Balaban J connectivity index is 1.84. The molecule has 2 unspecified atom stereocenters. The van der Waals surface area contributed by atoms with Crippen LogP contribution in [0.1, 0.15) is 43.6 Å². The topological polar surface area (TPSA) is 63.4 Å². The number of rotatable bonds is 2. The second kappa shape index (κ2) is 7.09. The van der Waals surface area contributed by atoms with E-state index in [0.717, 1.165) is 24.8 Å². The van der Waals surface area contributed by atoms with Gasteiger partial charge in [0.25, 0.3) is 5.91 Å². The molecular weight excluding hydrogens is 385 g/mol. The van der Waals surface area contributed by atoms with Crippen molar-refractivity contribution in [3.05, 3.63) is 46.3 Å². The maximum Gasteiger partial charge on any atom is 0.274 e. The Morgan fingerprint density at radius 1 is 1.07 bits per heavy atom. The Kier molecular flexibility index (Phi) is 4.78. The van der Waals surface area contributed by atoms with Gasteiger partial charge in [-0.1, -0.05) is 23.2 Å². The highest BCUT2D eigenvalue weighted by atomic mass is 35.5. The van der Waals surface area contributed by atoms with Gasteiger partial charge in [-0.25, -0.2) is 0 Å². The van der Waals surface area contributed by atoms with Crippen molar-refractivity contribution in [1.82, 2.24) is 24.7 Å². The summed E-state index contributed by atoms with van der Waals surface area (Å²) in [6, 6.07) is 7.36. The van der Waals surface area contributed by atoms with E-state index in [9.17, 15) is 4.79 Å². The first-order valence-electron chi connectivity index (χ1n) is 8.94. The molecule has 1 aliphatic rings. The van der Waals surface area contributed by atoms with Crippen LogP contribution >= 0.6 is 23.2 Å². The van der Waals surface area contributed by atoms with Crippen LogP contribution in [0.2, 0.25) is 10.0 Å². The van der Waals surface area contributed by atoms with Crippen molar-refractivity contribution in [1.29, 1.82) is 0 Å². The molecule has 0 radical (unpaired) electrons. The van der Waals surface area contributed by atoms with Gasteiger partial charge >= 0.3 is 0 Å². The van der Waals surface area contributed by atoms with Gasteiger partial charge in [0.2, 0.25) is 0 Å². The maximum atomic E-state index is 13.3. The highest BCUT2D eigenvalue weighted by Gasteiger charge is 2.31. The van der Waals surface area contributed by atoms with Gasteiger partial charge in [0.15, 0.2) is 5.65 Å². The van der Waals surface area contributed by atoms with Crippen LogP contribution in [0.3, 0.4) is 0 Å². The fraction of sp³-hybridized carbons (Fsp3) is 0.368. The monoisotopic (exact) mass is 403 g/mol. The molecule has 1 fully saturated rings. The van der Waals surface area contributed by atoms with Crippen LogP contribution in [0, 0.1) is 0 Å². The van der Waals surface area contributed by atoms with Crippen LogP contribution in [0.5, 0.6) is 0 Å². The van der Waals surface area contributed by atoms with Gasteiger partial charge in [0, 0.05) is 27.7 Å². The largest absolute Gasteiger partial charge is 0.332 e. The van der Waals surface area contributed by atoms with Crippen LogP contribution in [0.25, 0.3) is 16.8 Å². The molecule has 0 N–H and O–H groups in total. The Morgan fingerprint density at radius 2 is 1.74 bits per heavy atom. The zero-order chi connectivity index (χ0) is 19.1. The lowest BCUT2D eigenvalue weighted by atomic mass is 9.97. The molecule has 1 saturated heterocycles. The third-order valence-corrected chi connectivity index (χ3v) is 5.53. The molecule has 1 aliphatic heterocycles. The zero-order valence-electron chi connectivity index (χ0n) is 15.1. The van der Waals surface area contributed by atoms with Gasteiger partial charge in [0.1, 0.15) is 12.0 Å². The second-order valence-electron chi connectivity index (χ2n) is 7.04. The van der Waals surface area contributed by atoms with E-state index in [1.807, 2.05) is 4.90 Å². The molecule has 0 aliphatic carbocycles. The summed E-state index contributed by atoms with van der Waals surface area (Å²) in [4.78, 5) is 15.2. The van der Waals surface area contributed by atoms with Crippen molar-refractivity contribution in [2.75, 3.05) is 0 Å². The summed E-state index contributed by atoms with van der Waals surface area (Å²) < 4.78 is 1.52. The van der Waals surface area contributed by atoms with E-state index in [2.05, 4.69) is 29.1 Å². The van der Waals surface area contributed by atoms with Crippen molar-refractivity contribution in [2.24, 2.45) is 0 Å². The van der Waals surface area contributed by atoms with Gasteiger partial charge in [-0.2, -0.15) is 9.61 Å². The Bertz CT molecular complexity index is 988. The van der Waals surface area contributed by atoms with E-state index in [1.165, 1.54) is 10.8 Å². The molecule has 2 atom stereocenters. The minimum atomic E-state index is -0.0836. The Labute approximate surface area is 167 Å². The molecule has 3 aromatic rings. The van der Waals surface area contributed by atoms with Crippen LogP contribution < -0.4 is 0 Å². The average molecular weight is 404 g/mol. The summed E-state index contributed by atoms with van der Waals surface area (Å²) in [5, 5.41) is 13.5. The summed E-state index contributed by atoms with van der Waals surface area (Å²) in [5.41, 5.74) is 2.38. The summed E-state index contributed by atoms with van der Waals surface area (Å²) in [6.07, 6.45) is 4.63. The molecule has 0 spiro atoms. The van der Waals surface area contributed by atoms with Crippen LogP contribution in [-0.2, 0) is 0 Å². The number of amides is 1. The van der Waals surface area contributed by atoms with Gasteiger partial charge in [-0.3, -0.25) is 4.79 Å². The second-order valence-corrected chi connectivity index (χ2v) is 7.91. The summed E-state index contributed by atoms with van der Waals surface area (Å²) >= 11 is 12.3. The molecule has 0 bridgehead atoms. The average Bonchev–Trinajstić information content (AvgIpc) is 3.08. The number of aromatic nitrogens is 4. The van der Waals surface area contributed by atoms with Gasteiger partial charge in [-0.15, -0.1) is 10.2 Å². The van der Waals surface area contributed by atoms with Crippen LogP contribution in [0.15, 0.2) is 30.6 Å². The fourth-order valence-electron chi connectivity index (χ4n) is 3.81. The Morgan fingerprint density at radius 3 is 2.41 bits per heavy atom. The predicted molar refractivity (Wildman–Crippen MR) is 105 cm³/mol. The number of hydrogen-bond acceptors (Lipinski definition) is 4. The summed E-state index contributed by atoms with van der Waals surface area (Å²) in [6.45, 7) is 4.17. The molecule has 0 saturated carbocycles. The molecular formula is C19H19Cl2N5O. The number of benzene rings is 1. The highest BCUT2D eigenvalue weighted by Crippen LogP contribution is 2.31. The highest BCUT2D eigenvalue weighted by molar-refractivity contribution is 6.35. The van der Waals surface area contributed by atoms with E-state index in [4.69, 9.17) is 23.2 Å². The van der Waals surface area contributed by atoms with E-state index in [1.54, 1.807) is 24.3 Å². The van der Waals surface area contributed by atoms with E-state index >= 15 is 0 Å². The number of nitrogens with zero attached hydrogens (tertiary/aromatic N) is 5. The first-order valence-corrected chi connectivity index (χ1v) is 9.70. The van der Waals surface area contributed by atoms with Crippen LogP contribution in [-0.4, -0.2) is 42.7 Å². The minimum Gasteiger partial charge on any atom is -0.332 e. The standard InChI is InChI=1S/C19H19Cl2N5O/c1-11-4-3-5-12(2)26(11)19(27)17-9-16(18-23-22-10-25(18)24-17)13-6-14(20)8-15(21)7-13/h6-12H,3-5H2,1-2H3.